The van der Waals surface area contributed by atoms with Gasteiger partial charge in [0, 0.05) is 13.6 Å². The van der Waals surface area contributed by atoms with Crippen LogP contribution in [0.2, 0.25) is 25.7 Å². The van der Waals surface area contributed by atoms with Crippen LogP contribution in [-0.2, 0) is 0 Å². The molecule has 1 aromatic carbocycles. The van der Waals surface area contributed by atoms with Crippen LogP contribution in [-0.4, -0.2) is 31.3 Å². The normalized spacial score (nSPS) is 11.5. The van der Waals surface area contributed by atoms with Crippen molar-refractivity contribution in [1.29, 1.82) is 0 Å². The van der Waals surface area contributed by atoms with Crippen molar-refractivity contribution in [2.75, 3.05) is 13.2 Å². The molecule has 0 N–H and O–H groups in total. The second kappa shape index (κ2) is 15.0. The van der Waals surface area contributed by atoms with E-state index in [4.69, 9.17) is 9.47 Å². The summed E-state index contributed by atoms with van der Waals surface area (Å²) in [4.78, 5) is 8.94. The molecule has 1 heterocycles. The van der Waals surface area contributed by atoms with Gasteiger partial charge < -0.3 is 9.47 Å². The van der Waals surface area contributed by atoms with E-state index >= 15 is 0 Å². The predicted octanol–water partition coefficient (Wildman–Crippen LogP) is 8.16. The second-order valence-corrected chi connectivity index (χ2v) is 15.6. The Morgan fingerprint density at radius 2 is 1.19 bits per heavy atom. The summed E-state index contributed by atoms with van der Waals surface area (Å²) in [6.07, 6.45) is 16.2. The summed E-state index contributed by atoms with van der Waals surface area (Å²) in [5.41, 5.74) is 0.991. The van der Waals surface area contributed by atoms with Crippen LogP contribution >= 0.6 is 0 Å². The van der Waals surface area contributed by atoms with Crippen molar-refractivity contribution in [3.05, 3.63) is 36.7 Å². The van der Waals surface area contributed by atoms with Gasteiger partial charge in [-0.15, -0.1) is 0 Å². The first kappa shape index (κ1) is 26.4. The van der Waals surface area contributed by atoms with Gasteiger partial charge in [-0.2, -0.15) is 0 Å². The molecular formula is C27H44N2O2Si. The standard InChI is InChI=1S/C27H44N2O2Si/c1-5-6-7-9-12-19-30-25-17-15-24(16-18-25)27-28-22-26(23-29-27)31-20-13-10-8-11-14-21-32(2,3)4/h15-18,22-23H,5-14,19-21H2,1-4H3. The van der Waals surface area contributed by atoms with Gasteiger partial charge in [0.1, 0.15) is 5.75 Å². The van der Waals surface area contributed by atoms with E-state index in [1.54, 1.807) is 12.4 Å². The van der Waals surface area contributed by atoms with E-state index < -0.39 is 8.07 Å². The largest absolute Gasteiger partial charge is 0.494 e. The Morgan fingerprint density at radius 1 is 0.656 bits per heavy atom. The van der Waals surface area contributed by atoms with E-state index in [2.05, 4.69) is 36.5 Å². The molecule has 0 spiro atoms. The molecule has 178 valence electrons. The molecule has 2 rings (SSSR count). The molecule has 0 aliphatic heterocycles. The third-order valence-electron chi connectivity index (χ3n) is 5.60. The SMILES string of the molecule is CCCCCCCOc1ccc(-c2ncc(OCCCCCCC[Si](C)(C)C)cn2)cc1. The Balaban J connectivity index is 1.62. The molecule has 1 aromatic heterocycles. The van der Waals surface area contributed by atoms with Crippen LogP contribution in [0.3, 0.4) is 0 Å². The number of hydrogen-bond acceptors (Lipinski definition) is 4. The minimum atomic E-state index is -0.865. The Hall–Kier alpha value is -1.88. The summed E-state index contributed by atoms with van der Waals surface area (Å²) in [5, 5.41) is 0. The first-order valence-corrected chi connectivity index (χ1v) is 16.4. The van der Waals surface area contributed by atoms with Gasteiger partial charge in [-0.3, -0.25) is 0 Å². The van der Waals surface area contributed by atoms with Gasteiger partial charge in [0.15, 0.2) is 11.6 Å². The first-order valence-electron chi connectivity index (χ1n) is 12.7. The maximum absolute atomic E-state index is 5.84. The smallest absolute Gasteiger partial charge is 0.159 e. The van der Waals surface area contributed by atoms with Crippen LogP contribution in [0, 0.1) is 0 Å². The molecule has 0 atom stereocenters. The lowest BCUT2D eigenvalue weighted by molar-refractivity contribution is 0.302. The summed E-state index contributed by atoms with van der Waals surface area (Å²) in [6.45, 7) is 11.1. The molecule has 2 aromatic rings. The van der Waals surface area contributed by atoms with Gasteiger partial charge in [-0.1, -0.05) is 84.0 Å². The van der Waals surface area contributed by atoms with Crippen LogP contribution in [0.4, 0.5) is 0 Å². The lowest BCUT2D eigenvalue weighted by Crippen LogP contribution is -2.18. The predicted molar refractivity (Wildman–Crippen MR) is 138 cm³/mol. The summed E-state index contributed by atoms with van der Waals surface area (Å²) >= 11 is 0. The third kappa shape index (κ3) is 11.7. The highest BCUT2D eigenvalue weighted by molar-refractivity contribution is 6.76. The van der Waals surface area contributed by atoms with E-state index in [0.29, 0.717) is 5.82 Å². The Bertz CT molecular complexity index is 727. The van der Waals surface area contributed by atoms with Crippen molar-refractivity contribution in [1.82, 2.24) is 9.97 Å². The molecule has 0 fully saturated rings. The van der Waals surface area contributed by atoms with Crippen LogP contribution in [0.15, 0.2) is 36.7 Å². The molecule has 0 amide bonds. The fourth-order valence-corrected chi connectivity index (χ4v) is 4.92. The maximum atomic E-state index is 5.84. The van der Waals surface area contributed by atoms with Crippen molar-refractivity contribution < 1.29 is 9.47 Å². The number of unbranched alkanes of at least 4 members (excludes halogenated alkanes) is 8. The summed E-state index contributed by atoms with van der Waals surface area (Å²) in [6, 6.07) is 9.48. The third-order valence-corrected chi connectivity index (χ3v) is 7.45. The highest BCUT2D eigenvalue weighted by atomic mass is 28.3. The lowest BCUT2D eigenvalue weighted by Gasteiger charge is -2.14. The topological polar surface area (TPSA) is 44.2 Å². The monoisotopic (exact) mass is 456 g/mol. The Morgan fingerprint density at radius 3 is 1.78 bits per heavy atom. The van der Waals surface area contributed by atoms with Crippen LogP contribution in [0.25, 0.3) is 11.4 Å². The fraction of sp³-hybridized carbons (Fsp3) is 0.630. The van der Waals surface area contributed by atoms with Crippen LogP contribution < -0.4 is 9.47 Å². The molecule has 0 aliphatic carbocycles. The minimum absolute atomic E-state index is 0.714. The van der Waals surface area contributed by atoms with Gasteiger partial charge >= 0.3 is 0 Å². The highest BCUT2D eigenvalue weighted by Gasteiger charge is 2.11. The number of aromatic nitrogens is 2. The number of hydrogen-bond donors (Lipinski definition) is 0. The van der Waals surface area contributed by atoms with Crippen molar-refractivity contribution in [3.8, 4) is 22.9 Å². The highest BCUT2D eigenvalue weighted by Crippen LogP contribution is 2.21. The first-order chi connectivity index (χ1) is 15.5. The molecule has 0 saturated carbocycles. The molecule has 4 nitrogen and oxygen atoms in total. The summed E-state index contributed by atoms with van der Waals surface area (Å²) < 4.78 is 11.7. The molecule has 5 heteroatoms. The zero-order chi connectivity index (χ0) is 23.1. The Labute approximate surface area is 197 Å². The van der Waals surface area contributed by atoms with E-state index in [-0.39, 0.29) is 0 Å². The molecule has 32 heavy (non-hydrogen) atoms. The van der Waals surface area contributed by atoms with E-state index in [1.807, 2.05) is 24.3 Å². The molecule has 0 bridgehead atoms. The zero-order valence-electron chi connectivity index (χ0n) is 20.9. The minimum Gasteiger partial charge on any atom is -0.494 e. The molecule has 0 unspecified atom stereocenters. The van der Waals surface area contributed by atoms with Crippen LogP contribution in [0.5, 0.6) is 11.5 Å². The average molecular weight is 457 g/mol. The summed E-state index contributed by atoms with van der Waals surface area (Å²) in [7, 11) is -0.865. The zero-order valence-corrected chi connectivity index (χ0v) is 21.9. The van der Waals surface area contributed by atoms with Gasteiger partial charge in [0.05, 0.1) is 25.6 Å². The molecular weight excluding hydrogens is 412 g/mol. The van der Waals surface area contributed by atoms with Crippen molar-refractivity contribution in [2.45, 2.75) is 96.8 Å². The maximum Gasteiger partial charge on any atom is 0.159 e. The van der Waals surface area contributed by atoms with E-state index in [0.717, 1.165) is 43.1 Å². The summed E-state index contributed by atoms with van der Waals surface area (Å²) in [5.74, 6) is 2.37. The van der Waals surface area contributed by atoms with Gasteiger partial charge in [0.25, 0.3) is 0 Å². The van der Waals surface area contributed by atoms with Crippen molar-refractivity contribution >= 4 is 8.07 Å². The number of benzene rings is 1. The lowest BCUT2D eigenvalue weighted by atomic mass is 10.2. The Kier molecular flexibility index (Phi) is 12.4. The molecule has 0 saturated heterocycles. The molecule has 0 aliphatic rings. The van der Waals surface area contributed by atoms with E-state index in [9.17, 15) is 0 Å². The van der Waals surface area contributed by atoms with E-state index in [1.165, 1.54) is 57.4 Å². The number of rotatable bonds is 17. The van der Waals surface area contributed by atoms with Crippen molar-refractivity contribution in [3.63, 3.8) is 0 Å². The van der Waals surface area contributed by atoms with Crippen molar-refractivity contribution in [2.24, 2.45) is 0 Å². The van der Waals surface area contributed by atoms with Gasteiger partial charge in [-0.05, 0) is 37.1 Å². The van der Waals surface area contributed by atoms with Crippen LogP contribution in [0.1, 0.15) is 71.1 Å². The number of ether oxygens (including phenoxy) is 2. The second-order valence-electron chi connectivity index (χ2n) is 9.96. The van der Waals surface area contributed by atoms with Gasteiger partial charge in [-0.25, -0.2) is 9.97 Å². The average Bonchev–Trinajstić information content (AvgIpc) is 2.78. The number of nitrogens with zero attached hydrogens (tertiary/aromatic N) is 2. The quantitative estimate of drug-likeness (QED) is 0.178. The van der Waals surface area contributed by atoms with Gasteiger partial charge in [0.2, 0.25) is 0 Å². The fourth-order valence-electron chi connectivity index (χ4n) is 3.61. The molecule has 0 radical (unpaired) electrons.